The Morgan fingerprint density at radius 2 is 1.90 bits per heavy atom. The molecule has 1 aromatic heterocycles. The maximum absolute atomic E-state index is 13.9. The summed E-state index contributed by atoms with van der Waals surface area (Å²) in [5.41, 5.74) is 1.78. The Bertz CT molecular complexity index is 1680. The number of nitrogens with zero attached hydrogens (tertiary/aromatic N) is 2. The minimum atomic E-state index is -0.809. The lowest BCUT2D eigenvalue weighted by Gasteiger charge is -2.26. The second-order valence-electron chi connectivity index (χ2n) is 8.83. The molecule has 39 heavy (non-hydrogen) atoms. The summed E-state index contributed by atoms with van der Waals surface area (Å²) in [6.45, 7) is 5.39. The topological polar surface area (TPSA) is 88.4 Å². The molecule has 0 bridgehead atoms. The Kier molecular flexibility index (Phi) is 8.63. The third-order valence-corrected chi connectivity index (χ3v) is 7.34. The van der Waals surface area contributed by atoms with Gasteiger partial charge in [-0.1, -0.05) is 39.3 Å². The molecule has 0 unspecified atom stereocenters. The van der Waals surface area contributed by atoms with Gasteiger partial charge in [0.15, 0.2) is 16.3 Å². The van der Waals surface area contributed by atoms with Crippen LogP contribution < -0.4 is 29.1 Å². The third kappa shape index (κ3) is 5.79. The van der Waals surface area contributed by atoms with Crippen molar-refractivity contribution < 1.29 is 23.7 Å². The van der Waals surface area contributed by atoms with Crippen LogP contribution in [0.2, 0.25) is 0 Å². The first-order chi connectivity index (χ1) is 18.7. The van der Waals surface area contributed by atoms with Crippen molar-refractivity contribution in [2.45, 2.75) is 32.9 Å². The number of hydrogen-bond acceptors (Lipinski definition) is 8. The molecular formula is C29H27BrN2O6S. The first-order valence-electron chi connectivity index (χ1n) is 12.0. The number of hydrogen-bond donors (Lipinski definition) is 0. The predicted octanol–water partition coefficient (Wildman–Crippen LogP) is 3.98. The van der Waals surface area contributed by atoms with Gasteiger partial charge in [0, 0.05) is 10.0 Å². The van der Waals surface area contributed by atoms with Crippen molar-refractivity contribution in [1.82, 2.24) is 4.57 Å². The molecule has 0 fully saturated rings. The molecule has 2 aromatic carbocycles. The Morgan fingerprint density at radius 1 is 1.18 bits per heavy atom. The normalized spacial score (nSPS) is 14.9. The smallest absolute Gasteiger partial charge is 0.338 e. The van der Waals surface area contributed by atoms with Gasteiger partial charge in [-0.05, 0) is 62.7 Å². The van der Waals surface area contributed by atoms with Gasteiger partial charge in [0.05, 0.1) is 36.1 Å². The van der Waals surface area contributed by atoms with Crippen LogP contribution in [0.15, 0.2) is 61.9 Å². The molecule has 0 saturated carbocycles. The number of fused-ring (bicyclic) bond motifs is 1. The van der Waals surface area contributed by atoms with Gasteiger partial charge in [0.25, 0.3) is 5.56 Å². The Morgan fingerprint density at radius 3 is 2.56 bits per heavy atom. The van der Waals surface area contributed by atoms with Crippen LogP contribution in [0.3, 0.4) is 0 Å². The molecule has 0 aliphatic carbocycles. The number of benzene rings is 2. The number of allylic oxidation sites excluding steroid dienone is 1. The third-order valence-electron chi connectivity index (χ3n) is 5.87. The fourth-order valence-electron chi connectivity index (χ4n) is 4.24. The summed E-state index contributed by atoms with van der Waals surface area (Å²) >= 11 is 4.74. The number of halogens is 1. The SMILES string of the molecule is C#CCOc1ccc(/C=c2\sc3n(c2=O)[C@H](c2cc(Br)ccc2OC)C(C(=O)OC(C)C)=C(C)N=3)cc1OC. The van der Waals surface area contributed by atoms with Crippen LogP contribution in [-0.2, 0) is 9.53 Å². The standard InChI is InChI=1S/C29H27BrN2O6S/c1-7-12-37-22-10-8-18(13-23(22)36-6)14-24-27(33)32-26(20-15-19(30)9-11-21(20)35-5)25(28(34)38-16(2)3)17(4)31-29(32)39-24/h1,8-11,13-16,26H,12H2,2-6H3/b24-14-/t26-/m1/s1. The van der Waals surface area contributed by atoms with Crippen molar-refractivity contribution in [3.63, 3.8) is 0 Å². The highest BCUT2D eigenvalue weighted by molar-refractivity contribution is 9.10. The summed E-state index contributed by atoms with van der Waals surface area (Å²) < 4.78 is 24.9. The van der Waals surface area contributed by atoms with E-state index in [1.807, 2.05) is 12.1 Å². The summed E-state index contributed by atoms with van der Waals surface area (Å²) in [5, 5.41) is 0. The number of carbonyl (C=O) groups is 1. The van der Waals surface area contributed by atoms with E-state index in [0.29, 0.717) is 37.8 Å². The lowest BCUT2D eigenvalue weighted by molar-refractivity contribution is -0.143. The van der Waals surface area contributed by atoms with Crippen LogP contribution in [-0.4, -0.2) is 37.5 Å². The van der Waals surface area contributed by atoms with Gasteiger partial charge < -0.3 is 18.9 Å². The minimum Gasteiger partial charge on any atom is -0.496 e. The van der Waals surface area contributed by atoms with Crippen LogP contribution in [0.4, 0.5) is 0 Å². The predicted molar refractivity (Wildman–Crippen MR) is 153 cm³/mol. The summed E-state index contributed by atoms with van der Waals surface area (Å²) in [5.74, 6) is 3.39. The molecule has 0 N–H and O–H groups in total. The molecule has 202 valence electrons. The maximum Gasteiger partial charge on any atom is 0.338 e. The van der Waals surface area contributed by atoms with Crippen LogP contribution in [0.25, 0.3) is 6.08 Å². The lowest BCUT2D eigenvalue weighted by atomic mass is 9.95. The highest BCUT2D eigenvalue weighted by Crippen LogP contribution is 2.37. The van der Waals surface area contributed by atoms with Gasteiger partial charge >= 0.3 is 5.97 Å². The van der Waals surface area contributed by atoms with Gasteiger partial charge in [-0.25, -0.2) is 9.79 Å². The van der Waals surface area contributed by atoms with Crippen molar-refractivity contribution in [2.24, 2.45) is 4.99 Å². The van der Waals surface area contributed by atoms with E-state index < -0.39 is 12.0 Å². The van der Waals surface area contributed by atoms with Crippen LogP contribution in [0.5, 0.6) is 17.2 Å². The van der Waals surface area contributed by atoms with Gasteiger partial charge in [-0.2, -0.15) is 0 Å². The summed E-state index contributed by atoms with van der Waals surface area (Å²) in [6, 6.07) is 9.94. The zero-order chi connectivity index (χ0) is 28.3. The fraction of sp³-hybridized carbons (Fsp3) is 0.276. The number of thiazole rings is 1. The molecule has 0 amide bonds. The molecule has 10 heteroatoms. The molecule has 2 heterocycles. The number of methoxy groups -OCH3 is 2. The van der Waals surface area contributed by atoms with Crippen molar-refractivity contribution in [2.75, 3.05) is 20.8 Å². The average molecular weight is 612 g/mol. The van der Waals surface area contributed by atoms with E-state index in [1.54, 1.807) is 58.2 Å². The van der Waals surface area contributed by atoms with Gasteiger partial charge in [0.2, 0.25) is 0 Å². The zero-order valence-corrected chi connectivity index (χ0v) is 24.5. The van der Waals surface area contributed by atoms with Gasteiger partial charge in [0.1, 0.15) is 18.4 Å². The van der Waals surface area contributed by atoms with E-state index in [0.717, 1.165) is 10.0 Å². The van der Waals surface area contributed by atoms with Crippen molar-refractivity contribution in [1.29, 1.82) is 0 Å². The Labute approximate surface area is 238 Å². The van der Waals surface area contributed by atoms with Crippen molar-refractivity contribution >= 4 is 39.3 Å². The molecule has 1 atom stereocenters. The average Bonchev–Trinajstić information content (AvgIpc) is 3.20. The zero-order valence-electron chi connectivity index (χ0n) is 22.1. The van der Waals surface area contributed by atoms with E-state index in [1.165, 1.54) is 23.0 Å². The number of aromatic nitrogens is 1. The lowest BCUT2D eigenvalue weighted by Crippen LogP contribution is -2.40. The van der Waals surface area contributed by atoms with E-state index in [-0.39, 0.29) is 23.8 Å². The number of rotatable bonds is 8. The molecule has 3 aromatic rings. The van der Waals surface area contributed by atoms with E-state index in [9.17, 15) is 9.59 Å². The van der Waals surface area contributed by atoms with Gasteiger partial charge in [-0.3, -0.25) is 9.36 Å². The van der Waals surface area contributed by atoms with Gasteiger partial charge in [-0.15, -0.1) is 6.42 Å². The van der Waals surface area contributed by atoms with Crippen molar-refractivity contribution in [3.05, 3.63) is 83.0 Å². The molecule has 8 nitrogen and oxygen atoms in total. The number of ether oxygens (including phenoxy) is 4. The summed E-state index contributed by atoms with van der Waals surface area (Å²) in [7, 11) is 3.07. The summed E-state index contributed by atoms with van der Waals surface area (Å²) in [6.07, 6.45) is 6.69. The summed E-state index contributed by atoms with van der Waals surface area (Å²) in [4.78, 5) is 32.4. The Balaban J connectivity index is 1.93. The molecule has 0 saturated heterocycles. The monoisotopic (exact) mass is 610 g/mol. The van der Waals surface area contributed by atoms with E-state index in [2.05, 4.69) is 26.8 Å². The number of terminal acetylenes is 1. The van der Waals surface area contributed by atoms with Crippen LogP contribution in [0, 0.1) is 12.3 Å². The maximum atomic E-state index is 13.9. The molecule has 4 rings (SSSR count). The van der Waals surface area contributed by atoms with E-state index >= 15 is 0 Å². The van der Waals surface area contributed by atoms with Crippen molar-refractivity contribution in [3.8, 4) is 29.6 Å². The first kappa shape index (κ1) is 28.2. The minimum absolute atomic E-state index is 0.105. The highest BCUT2D eigenvalue weighted by Gasteiger charge is 2.35. The molecular weight excluding hydrogens is 584 g/mol. The Hall–Kier alpha value is -3.81. The fourth-order valence-corrected chi connectivity index (χ4v) is 5.66. The molecule has 0 spiro atoms. The second kappa shape index (κ2) is 11.9. The van der Waals surface area contributed by atoms with E-state index in [4.69, 9.17) is 25.4 Å². The molecule has 1 aliphatic rings. The van der Waals surface area contributed by atoms with Crippen LogP contribution >= 0.6 is 27.3 Å². The number of esters is 1. The van der Waals surface area contributed by atoms with Crippen LogP contribution in [0.1, 0.15) is 37.9 Å². The molecule has 0 radical (unpaired) electrons. The first-order valence-corrected chi connectivity index (χ1v) is 13.6. The molecule has 1 aliphatic heterocycles. The highest BCUT2D eigenvalue weighted by atomic mass is 79.9. The quantitative estimate of drug-likeness (QED) is 0.283. The number of carbonyl (C=O) groups excluding carboxylic acids is 1. The largest absolute Gasteiger partial charge is 0.496 e. The second-order valence-corrected chi connectivity index (χ2v) is 10.8.